The third-order valence-electron chi connectivity index (χ3n) is 5.09. The summed E-state index contributed by atoms with van der Waals surface area (Å²) in [5.41, 5.74) is 3.63. The van der Waals surface area contributed by atoms with Crippen molar-refractivity contribution in [3.05, 3.63) is 39.3 Å². The lowest BCUT2D eigenvalue weighted by Crippen LogP contribution is -2.14. The molecule has 32 heavy (non-hydrogen) atoms. The van der Waals surface area contributed by atoms with Crippen molar-refractivity contribution in [2.45, 2.75) is 55.6 Å². The van der Waals surface area contributed by atoms with Gasteiger partial charge in [0, 0.05) is 23.3 Å². The van der Waals surface area contributed by atoms with Crippen molar-refractivity contribution < 1.29 is 4.79 Å². The van der Waals surface area contributed by atoms with Crippen LogP contribution in [-0.2, 0) is 30.4 Å². The molecular formula is C21H23N7OS3. The fraction of sp³-hybridized carbons (Fsp3) is 0.429. The number of nitriles is 1. The molecule has 11 heteroatoms. The van der Waals surface area contributed by atoms with Crippen molar-refractivity contribution in [1.82, 2.24) is 24.7 Å². The lowest BCUT2D eigenvalue weighted by molar-refractivity contribution is -0.113. The molecule has 0 bridgehead atoms. The second-order valence-corrected chi connectivity index (χ2v) is 10.5. The van der Waals surface area contributed by atoms with Crippen LogP contribution in [0.25, 0.3) is 0 Å². The van der Waals surface area contributed by atoms with Gasteiger partial charge in [-0.1, -0.05) is 23.5 Å². The lowest BCUT2D eigenvalue weighted by atomic mass is 9.96. The van der Waals surface area contributed by atoms with Crippen molar-refractivity contribution in [3.8, 4) is 6.07 Å². The molecule has 0 aromatic carbocycles. The molecule has 0 radical (unpaired) electrons. The number of nitrogens with one attached hydrogen (secondary N) is 1. The first kappa shape index (κ1) is 22.8. The summed E-state index contributed by atoms with van der Waals surface area (Å²) in [5, 5.41) is 23.0. The summed E-state index contributed by atoms with van der Waals surface area (Å²) in [6, 6.07) is 4.22. The van der Waals surface area contributed by atoms with E-state index in [-0.39, 0.29) is 11.7 Å². The number of hydrogen-bond acceptors (Lipinski definition) is 9. The van der Waals surface area contributed by atoms with Crippen LogP contribution in [0.15, 0.2) is 16.4 Å². The third-order valence-corrected chi connectivity index (χ3v) is 8.16. The van der Waals surface area contributed by atoms with Gasteiger partial charge >= 0.3 is 0 Å². The molecule has 1 amide bonds. The van der Waals surface area contributed by atoms with Crippen molar-refractivity contribution >= 4 is 45.8 Å². The van der Waals surface area contributed by atoms with Gasteiger partial charge in [0.1, 0.15) is 16.9 Å². The minimum absolute atomic E-state index is 0.146. The predicted octanol–water partition coefficient (Wildman–Crippen LogP) is 4.06. The Kier molecular flexibility index (Phi) is 7.13. The molecular weight excluding hydrogens is 462 g/mol. The first-order valence-corrected chi connectivity index (χ1v) is 13.0. The van der Waals surface area contributed by atoms with E-state index < -0.39 is 0 Å². The van der Waals surface area contributed by atoms with Gasteiger partial charge in [0.25, 0.3) is 0 Å². The molecule has 3 aromatic rings. The number of carbonyl (C=O) groups excluding carboxylic acids is 1. The number of fused-ring (bicyclic) bond motifs is 1. The Morgan fingerprint density at radius 1 is 1.22 bits per heavy atom. The van der Waals surface area contributed by atoms with Crippen molar-refractivity contribution in [3.63, 3.8) is 0 Å². The van der Waals surface area contributed by atoms with Crippen LogP contribution in [0, 0.1) is 25.2 Å². The first-order chi connectivity index (χ1) is 15.4. The largest absolute Gasteiger partial charge is 0.316 e. The molecule has 0 aliphatic heterocycles. The predicted molar refractivity (Wildman–Crippen MR) is 127 cm³/mol. The molecule has 0 saturated heterocycles. The third kappa shape index (κ3) is 5.14. The number of thiophene rings is 1. The highest BCUT2D eigenvalue weighted by atomic mass is 32.2. The molecule has 0 fully saturated rings. The molecule has 3 heterocycles. The molecule has 0 unspecified atom stereocenters. The Balaban J connectivity index is 1.34. The van der Waals surface area contributed by atoms with Crippen molar-refractivity contribution in [1.29, 1.82) is 5.26 Å². The zero-order chi connectivity index (χ0) is 22.7. The maximum Gasteiger partial charge on any atom is 0.235 e. The number of carbonyl (C=O) groups is 1. The highest BCUT2D eigenvalue weighted by Crippen LogP contribution is 2.37. The number of rotatable bonds is 7. The molecule has 0 atom stereocenters. The average molecular weight is 486 g/mol. The second kappa shape index (κ2) is 10.0. The number of anilines is 1. The number of aryl methyl sites for hydroxylation is 3. The van der Waals surface area contributed by atoms with Gasteiger partial charge in [-0.15, -0.1) is 21.5 Å². The lowest BCUT2D eigenvalue weighted by Gasteiger charge is -2.09. The molecule has 0 saturated carbocycles. The molecule has 3 aromatic heterocycles. The van der Waals surface area contributed by atoms with Crippen LogP contribution in [0.5, 0.6) is 0 Å². The Morgan fingerprint density at radius 2 is 1.97 bits per heavy atom. The van der Waals surface area contributed by atoms with Crippen LogP contribution < -0.4 is 5.32 Å². The number of amides is 1. The maximum atomic E-state index is 12.5. The highest BCUT2D eigenvalue weighted by molar-refractivity contribution is 7.99. The van der Waals surface area contributed by atoms with Gasteiger partial charge in [0.05, 0.1) is 17.1 Å². The van der Waals surface area contributed by atoms with E-state index in [1.165, 1.54) is 39.7 Å². The molecule has 8 nitrogen and oxygen atoms in total. The number of thioether (sulfide) groups is 2. The standard InChI is InChI=1S/C21H23N7OS3/c1-12-8-13(2)24-20(23-12)30-10-17-26-27-21(28(17)3)31-11-18(29)25-19-15(9-22)14-6-4-5-7-16(14)32-19/h8H,4-7,10-11H2,1-3H3,(H,25,29). The van der Waals surface area contributed by atoms with Crippen molar-refractivity contribution in [2.24, 2.45) is 7.05 Å². The van der Waals surface area contributed by atoms with E-state index in [0.717, 1.165) is 48.5 Å². The minimum atomic E-state index is -0.146. The fourth-order valence-electron chi connectivity index (χ4n) is 3.55. The monoisotopic (exact) mass is 485 g/mol. The average Bonchev–Trinajstić information content (AvgIpc) is 3.29. The van der Waals surface area contributed by atoms with Crippen LogP contribution in [0.4, 0.5) is 5.00 Å². The van der Waals surface area contributed by atoms with Gasteiger partial charge < -0.3 is 9.88 Å². The Morgan fingerprint density at radius 3 is 2.72 bits per heavy atom. The Labute approximate surface area is 199 Å². The molecule has 0 spiro atoms. The Bertz CT molecular complexity index is 1170. The van der Waals surface area contributed by atoms with Gasteiger partial charge in [0.15, 0.2) is 10.3 Å². The smallest absolute Gasteiger partial charge is 0.235 e. The second-order valence-electron chi connectivity index (χ2n) is 7.54. The topological polar surface area (TPSA) is 109 Å². The summed E-state index contributed by atoms with van der Waals surface area (Å²) in [6.07, 6.45) is 4.16. The maximum absolute atomic E-state index is 12.5. The number of aromatic nitrogens is 5. The van der Waals surface area contributed by atoms with E-state index in [4.69, 9.17) is 0 Å². The van der Waals surface area contributed by atoms with Crippen LogP contribution >= 0.6 is 34.9 Å². The van der Waals surface area contributed by atoms with Gasteiger partial charge in [-0.05, 0) is 51.2 Å². The summed E-state index contributed by atoms with van der Waals surface area (Å²) in [6.45, 7) is 3.90. The summed E-state index contributed by atoms with van der Waals surface area (Å²) < 4.78 is 1.89. The van der Waals surface area contributed by atoms with Crippen LogP contribution in [0.2, 0.25) is 0 Å². The molecule has 4 rings (SSSR count). The minimum Gasteiger partial charge on any atom is -0.316 e. The van der Waals surface area contributed by atoms with E-state index in [9.17, 15) is 10.1 Å². The summed E-state index contributed by atoms with van der Waals surface area (Å²) >= 11 is 4.38. The van der Waals surface area contributed by atoms with Crippen LogP contribution in [0.1, 0.15) is 46.1 Å². The van der Waals surface area contributed by atoms with E-state index in [1.54, 1.807) is 0 Å². The van der Waals surface area contributed by atoms with Crippen molar-refractivity contribution in [2.75, 3.05) is 11.1 Å². The zero-order valence-corrected chi connectivity index (χ0v) is 20.6. The first-order valence-electron chi connectivity index (χ1n) is 10.2. The Hall–Kier alpha value is -2.42. The normalized spacial score (nSPS) is 12.9. The van der Waals surface area contributed by atoms with E-state index in [0.29, 0.717) is 26.6 Å². The van der Waals surface area contributed by atoms with E-state index in [1.807, 2.05) is 31.5 Å². The summed E-state index contributed by atoms with van der Waals surface area (Å²) in [4.78, 5) is 22.7. The van der Waals surface area contributed by atoms with Crippen LogP contribution in [0.3, 0.4) is 0 Å². The van der Waals surface area contributed by atoms with E-state index in [2.05, 4.69) is 31.6 Å². The molecule has 166 valence electrons. The van der Waals surface area contributed by atoms with Crippen LogP contribution in [-0.4, -0.2) is 36.4 Å². The van der Waals surface area contributed by atoms with E-state index >= 15 is 0 Å². The van der Waals surface area contributed by atoms with Gasteiger partial charge in [0.2, 0.25) is 5.91 Å². The quantitative estimate of drug-likeness (QED) is 0.394. The molecule has 1 aliphatic rings. The SMILES string of the molecule is Cc1cc(C)nc(SCc2nnc(SCC(=O)Nc3sc4c(c3C#N)CCCC4)n2C)n1. The van der Waals surface area contributed by atoms with Gasteiger partial charge in [-0.3, -0.25) is 4.79 Å². The van der Waals surface area contributed by atoms with Gasteiger partial charge in [-0.25, -0.2) is 9.97 Å². The number of hydrogen-bond donors (Lipinski definition) is 1. The number of nitrogens with zero attached hydrogens (tertiary/aromatic N) is 6. The summed E-state index contributed by atoms with van der Waals surface area (Å²) in [7, 11) is 1.89. The van der Waals surface area contributed by atoms with Gasteiger partial charge in [-0.2, -0.15) is 5.26 Å². The summed E-state index contributed by atoms with van der Waals surface area (Å²) in [5.74, 6) is 1.43. The highest BCUT2D eigenvalue weighted by Gasteiger charge is 2.22. The fourth-order valence-corrected chi connectivity index (χ4v) is 6.46. The molecule has 1 N–H and O–H groups in total. The molecule has 1 aliphatic carbocycles. The zero-order valence-electron chi connectivity index (χ0n) is 18.1.